The van der Waals surface area contributed by atoms with E-state index < -0.39 is 12.8 Å². The number of carbonyl (C=O) groups excluding carboxylic acids is 1. The minimum Gasteiger partial charge on any atom is -0.354 e. The van der Waals surface area contributed by atoms with Crippen LogP contribution in [-0.2, 0) is 11.2 Å². The molecule has 2 heteroatoms. The molecule has 0 bridgehead atoms. The van der Waals surface area contributed by atoms with Crippen LogP contribution >= 0.6 is 0 Å². The Kier molecular flexibility index (Phi) is 2.21. The molecule has 2 nitrogen and oxygen atoms in total. The Bertz CT molecular complexity index is 348. The van der Waals surface area contributed by atoms with Gasteiger partial charge in [0.1, 0.15) is 0 Å². The van der Waals surface area contributed by atoms with Gasteiger partial charge < -0.3 is 5.32 Å². The van der Waals surface area contributed by atoms with E-state index in [1.54, 1.807) is 6.92 Å². The monoisotopic (exact) mass is 180 g/mol. The molecule has 0 saturated heterocycles. The van der Waals surface area contributed by atoms with E-state index in [9.17, 15) is 4.79 Å². The van der Waals surface area contributed by atoms with Crippen LogP contribution in [0.5, 0.6) is 0 Å². The summed E-state index contributed by atoms with van der Waals surface area (Å²) in [5.41, 5.74) is 1.07. The topological polar surface area (TPSA) is 29.1 Å². The summed E-state index contributed by atoms with van der Waals surface area (Å²) in [7, 11) is 0. The molecule has 1 atom stereocenters. The first-order valence-electron chi connectivity index (χ1n) is 5.74. The quantitative estimate of drug-likeness (QED) is 0.754. The lowest BCUT2D eigenvalue weighted by Crippen LogP contribution is -2.31. The molecule has 1 aromatic rings. The molecule has 1 N–H and O–H groups in total. The second-order valence-corrected chi connectivity index (χ2v) is 3.06. The summed E-state index contributed by atoms with van der Waals surface area (Å²) in [5, 5.41) is 2.47. The van der Waals surface area contributed by atoms with Gasteiger partial charge in [-0.25, -0.2) is 0 Å². The third kappa shape index (κ3) is 3.74. The van der Waals surface area contributed by atoms with Gasteiger partial charge in [0.05, 0.1) is 0 Å². The molecule has 0 spiro atoms. The molecule has 0 aliphatic carbocycles. The van der Waals surface area contributed by atoms with Crippen LogP contribution in [0.15, 0.2) is 30.3 Å². The van der Waals surface area contributed by atoms with Crippen LogP contribution in [0, 0.1) is 0 Å². The Labute approximate surface area is 83.2 Å². The standard InChI is InChI=1S/C11H15NO/c1-9(12-10(2)13)8-11-6-4-3-5-7-11/h3-7,9H,8H2,1-2H3,(H,12,13)/t9-/m1/s1/i2D3. The molecule has 0 aliphatic heterocycles. The van der Waals surface area contributed by atoms with Crippen LogP contribution in [-0.4, -0.2) is 11.9 Å². The molecule has 0 aromatic heterocycles. The SMILES string of the molecule is [2H]C([2H])([2H])C(=O)N[C@H](C)Cc1ccccc1. The number of carbonyl (C=O) groups is 1. The molecule has 70 valence electrons. The van der Waals surface area contributed by atoms with E-state index in [0.717, 1.165) is 5.56 Å². The third-order valence-electron chi connectivity index (χ3n) is 1.76. The first-order chi connectivity index (χ1) is 7.39. The number of nitrogens with one attached hydrogen (secondary N) is 1. The first kappa shape index (κ1) is 6.19. The van der Waals surface area contributed by atoms with E-state index in [1.807, 2.05) is 30.3 Å². The number of hydrogen-bond donors (Lipinski definition) is 1. The molecule has 0 unspecified atom stereocenters. The van der Waals surface area contributed by atoms with E-state index in [-0.39, 0.29) is 6.04 Å². The predicted octanol–water partition coefficient (Wildman–Crippen LogP) is 1.75. The smallest absolute Gasteiger partial charge is 0.217 e. The fourth-order valence-electron chi connectivity index (χ4n) is 1.24. The number of hydrogen-bond acceptors (Lipinski definition) is 1. The minimum absolute atomic E-state index is 0.185. The minimum atomic E-state index is -2.56. The highest BCUT2D eigenvalue weighted by Crippen LogP contribution is 2.02. The summed E-state index contributed by atoms with van der Waals surface area (Å²) in [6.45, 7) is -0.776. The van der Waals surface area contributed by atoms with Gasteiger partial charge in [0.25, 0.3) is 0 Å². The summed E-state index contributed by atoms with van der Waals surface area (Å²) in [5.74, 6) is -0.893. The maximum Gasteiger partial charge on any atom is 0.217 e. The van der Waals surface area contributed by atoms with Crippen LogP contribution in [0.4, 0.5) is 0 Å². The largest absolute Gasteiger partial charge is 0.354 e. The van der Waals surface area contributed by atoms with Crippen LogP contribution in [0.3, 0.4) is 0 Å². The molecule has 1 amide bonds. The second kappa shape index (κ2) is 4.65. The Morgan fingerprint density at radius 3 is 2.85 bits per heavy atom. The lowest BCUT2D eigenvalue weighted by molar-refractivity contribution is -0.119. The van der Waals surface area contributed by atoms with Crippen molar-refractivity contribution in [3.05, 3.63) is 35.9 Å². The number of amides is 1. The maximum absolute atomic E-state index is 11.2. The van der Waals surface area contributed by atoms with Gasteiger partial charge in [0, 0.05) is 17.0 Å². The van der Waals surface area contributed by atoms with Crippen molar-refractivity contribution in [3.8, 4) is 0 Å². The Balaban J connectivity index is 2.49. The normalized spacial score (nSPS) is 16.5. The van der Waals surface area contributed by atoms with Crippen molar-refractivity contribution in [1.82, 2.24) is 5.32 Å². The van der Waals surface area contributed by atoms with Gasteiger partial charge in [0.15, 0.2) is 0 Å². The molecule has 1 aromatic carbocycles. The zero-order valence-corrected chi connectivity index (χ0v) is 7.58. The lowest BCUT2D eigenvalue weighted by atomic mass is 10.1. The summed E-state index contributed by atoms with van der Waals surface area (Å²) in [4.78, 5) is 11.2. The van der Waals surface area contributed by atoms with Crippen molar-refractivity contribution >= 4 is 5.91 Å². The van der Waals surface area contributed by atoms with Crippen LogP contribution < -0.4 is 5.32 Å². The molecule has 0 fully saturated rings. The molecule has 0 saturated carbocycles. The van der Waals surface area contributed by atoms with Crippen molar-refractivity contribution in [2.45, 2.75) is 26.2 Å². The van der Waals surface area contributed by atoms with E-state index in [2.05, 4.69) is 5.32 Å². The second-order valence-electron chi connectivity index (χ2n) is 3.06. The molecule has 1 rings (SSSR count). The van der Waals surface area contributed by atoms with Crippen molar-refractivity contribution in [2.24, 2.45) is 0 Å². The number of benzene rings is 1. The average Bonchev–Trinajstić information content (AvgIpc) is 2.17. The molecule has 13 heavy (non-hydrogen) atoms. The highest BCUT2D eigenvalue weighted by Gasteiger charge is 2.03. The van der Waals surface area contributed by atoms with Gasteiger partial charge in [-0.05, 0) is 18.9 Å². The van der Waals surface area contributed by atoms with Gasteiger partial charge in [-0.15, -0.1) is 0 Å². The van der Waals surface area contributed by atoms with Gasteiger partial charge in [-0.1, -0.05) is 30.3 Å². The van der Waals surface area contributed by atoms with E-state index in [0.29, 0.717) is 6.42 Å². The third-order valence-corrected chi connectivity index (χ3v) is 1.76. The van der Waals surface area contributed by atoms with Crippen molar-refractivity contribution in [3.63, 3.8) is 0 Å². The fraction of sp³-hybridized carbons (Fsp3) is 0.364. The van der Waals surface area contributed by atoms with Gasteiger partial charge in [0.2, 0.25) is 5.91 Å². The van der Waals surface area contributed by atoms with E-state index in [1.165, 1.54) is 0 Å². The maximum atomic E-state index is 11.2. The highest BCUT2D eigenvalue weighted by atomic mass is 16.1. The van der Waals surface area contributed by atoms with Crippen molar-refractivity contribution in [2.75, 3.05) is 0 Å². The average molecular weight is 180 g/mol. The summed E-state index contributed by atoms with van der Waals surface area (Å²) in [6, 6.07) is 9.43. The Morgan fingerprint density at radius 1 is 1.54 bits per heavy atom. The van der Waals surface area contributed by atoms with E-state index in [4.69, 9.17) is 4.11 Å². The van der Waals surface area contributed by atoms with Gasteiger partial charge in [-0.3, -0.25) is 4.79 Å². The zero-order chi connectivity index (χ0) is 12.2. The van der Waals surface area contributed by atoms with Gasteiger partial charge >= 0.3 is 0 Å². The molecule has 0 aliphatic rings. The van der Waals surface area contributed by atoms with Crippen molar-refractivity contribution < 1.29 is 8.91 Å². The summed E-state index contributed by atoms with van der Waals surface area (Å²) >= 11 is 0. The first-order valence-corrected chi connectivity index (χ1v) is 4.24. The van der Waals surface area contributed by atoms with Crippen LogP contribution in [0.2, 0.25) is 0 Å². The highest BCUT2D eigenvalue weighted by molar-refractivity contribution is 5.73. The Hall–Kier alpha value is -1.31. The fourth-order valence-corrected chi connectivity index (χ4v) is 1.24. The molecule has 0 heterocycles. The molecular weight excluding hydrogens is 162 g/mol. The van der Waals surface area contributed by atoms with Crippen LogP contribution in [0.25, 0.3) is 0 Å². The zero-order valence-electron chi connectivity index (χ0n) is 10.6. The van der Waals surface area contributed by atoms with Gasteiger partial charge in [-0.2, -0.15) is 0 Å². The van der Waals surface area contributed by atoms with Crippen molar-refractivity contribution in [1.29, 1.82) is 0 Å². The van der Waals surface area contributed by atoms with Crippen LogP contribution in [0.1, 0.15) is 23.5 Å². The van der Waals surface area contributed by atoms with E-state index >= 15 is 0 Å². The number of rotatable bonds is 3. The predicted molar refractivity (Wildman–Crippen MR) is 53.4 cm³/mol. The summed E-state index contributed by atoms with van der Waals surface area (Å²) in [6.07, 6.45) is 0.628. The summed E-state index contributed by atoms with van der Waals surface area (Å²) < 4.78 is 20.8. The molecule has 0 radical (unpaired) electrons. The molecular formula is C11H15NO. The lowest BCUT2D eigenvalue weighted by Gasteiger charge is -2.11. The Morgan fingerprint density at radius 2 is 2.23 bits per heavy atom.